The average Bonchev–Trinajstić information content (AvgIpc) is 3.09. The van der Waals surface area contributed by atoms with Crippen molar-refractivity contribution in [3.63, 3.8) is 0 Å². The zero-order valence-electron chi connectivity index (χ0n) is 12.2. The summed E-state index contributed by atoms with van der Waals surface area (Å²) >= 11 is 1.61. The number of carbonyl (C=O) groups excluding carboxylic acids is 1. The molecule has 2 aromatic rings. The maximum atomic E-state index is 11.1. The van der Waals surface area contributed by atoms with Gasteiger partial charge in [0.05, 0.1) is 11.7 Å². The number of piperidine rings is 1. The van der Waals surface area contributed by atoms with E-state index in [1.807, 2.05) is 23.6 Å². The van der Waals surface area contributed by atoms with Crippen molar-refractivity contribution in [2.45, 2.75) is 18.9 Å². The summed E-state index contributed by atoms with van der Waals surface area (Å²) < 4.78 is 0. The Morgan fingerprint density at radius 3 is 2.68 bits per heavy atom. The molecule has 1 fully saturated rings. The highest BCUT2D eigenvalue weighted by Crippen LogP contribution is 2.33. The molecular formula is C16H19N3O2S. The summed E-state index contributed by atoms with van der Waals surface area (Å²) in [5.41, 5.74) is 5.64. The van der Waals surface area contributed by atoms with Gasteiger partial charge in [-0.3, -0.25) is 4.79 Å². The Bertz CT molecular complexity index is 619. The number of amides is 1. The Hall–Kier alpha value is -1.92. The van der Waals surface area contributed by atoms with Crippen LogP contribution in [0.5, 0.6) is 0 Å². The molecule has 3 rings (SSSR count). The van der Waals surface area contributed by atoms with Crippen molar-refractivity contribution < 1.29 is 9.90 Å². The lowest BCUT2D eigenvalue weighted by atomic mass is 9.90. The molecule has 3 N–H and O–H groups in total. The minimum absolute atomic E-state index is 0.291. The average molecular weight is 317 g/mol. The normalized spacial score (nSPS) is 17.4. The molecular weight excluding hydrogens is 298 g/mol. The van der Waals surface area contributed by atoms with Gasteiger partial charge in [-0.25, -0.2) is 4.98 Å². The maximum absolute atomic E-state index is 11.1. The van der Waals surface area contributed by atoms with Crippen LogP contribution in [-0.2, 0) is 0 Å². The number of aromatic nitrogens is 1. The molecule has 22 heavy (non-hydrogen) atoms. The molecule has 2 aromatic heterocycles. The van der Waals surface area contributed by atoms with Crippen molar-refractivity contribution in [3.8, 4) is 0 Å². The second kappa shape index (κ2) is 6.46. The summed E-state index contributed by atoms with van der Waals surface area (Å²) in [6.45, 7) is 1.71. The van der Waals surface area contributed by atoms with Gasteiger partial charge in [-0.2, -0.15) is 0 Å². The molecule has 0 aliphatic carbocycles. The lowest BCUT2D eigenvalue weighted by Gasteiger charge is -2.34. The summed E-state index contributed by atoms with van der Waals surface area (Å²) in [5, 5.41) is 12.4. The second-order valence-electron chi connectivity index (χ2n) is 5.55. The van der Waals surface area contributed by atoms with E-state index in [4.69, 9.17) is 5.73 Å². The Balaban J connectivity index is 1.60. The van der Waals surface area contributed by atoms with E-state index in [0.717, 1.165) is 36.6 Å². The van der Waals surface area contributed by atoms with Gasteiger partial charge in [-0.1, -0.05) is 6.07 Å². The highest BCUT2D eigenvalue weighted by Gasteiger charge is 2.27. The van der Waals surface area contributed by atoms with Crippen LogP contribution in [0, 0.1) is 5.92 Å². The summed E-state index contributed by atoms with van der Waals surface area (Å²) in [7, 11) is 0. The van der Waals surface area contributed by atoms with E-state index in [1.54, 1.807) is 17.4 Å². The molecule has 1 aliphatic rings. The van der Waals surface area contributed by atoms with Gasteiger partial charge < -0.3 is 15.7 Å². The summed E-state index contributed by atoms with van der Waals surface area (Å²) in [4.78, 5) is 18.6. The van der Waals surface area contributed by atoms with Gasteiger partial charge >= 0.3 is 0 Å². The van der Waals surface area contributed by atoms with E-state index in [0.29, 0.717) is 11.5 Å². The zero-order valence-corrected chi connectivity index (χ0v) is 13.0. The predicted octanol–water partition coefficient (Wildman–Crippen LogP) is 2.19. The third kappa shape index (κ3) is 3.13. The number of nitrogens with two attached hydrogens (primary N) is 1. The lowest BCUT2D eigenvalue weighted by molar-refractivity contribution is 0.0960. The van der Waals surface area contributed by atoms with Gasteiger partial charge in [0.25, 0.3) is 0 Å². The van der Waals surface area contributed by atoms with Crippen molar-refractivity contribution in [2.75, 3.05) is 18.0 Å². The van der Waals surface area contributed by atoms with E-state index >= 15 is 0 Å². The number of rotatable bonds is 4. The molecule has 1 saturated heterocycles. The lowest BCUT2D eigenvalue weighted by Crippen LogP contribution is -2.36. The molecule has 0 aromatic carbocycles. The van der Waals surface area contributed by atoms with Gasteiger partial charge in [0.2, 0.25) is 5.91 Å². The Kier molecular flexibility index (Phi) is 4.40. The number of thiophene rings is 1. The van der Waals surface area contributed by atoms with Gasteiger partial charge in [0.15, 0.2) is 0 Å². The number of hydrogen-bond donors (Lipinski definition) is 2. The zero-order chi connectivity index (χ0) is 15.5. The fraction of sp³-hybridized carbons (Fsp3) is 0.375. The third-order valence-corrected chi connectivity index (χ3v) is 5.12. The van der Waals surface area contributed by atoms with Gasteiger partial charge in [0, 0.05) is 24.2 Å². The smallest absolute Gasteiger partial charge is 0.250 e. The highest BCUT2D eigenvalue weighted by atomic mass is 32.1. The molecule has 1 aliphatic heterocycles. The van der Waals surface area contributed by atoms with Crippen LogP contribution in [0.3, 0.4) is 0 Å². The predicted molar refractivity (Wildman–Crippen MR) is 87.0 cm³/mol. The number of nitrogens with zero attached hydrogens (tertiary/aromatic N) is 2. The first kappa shape index (κ1) is 15.0. The standard InChI is InChI=1S/C16H19N3O2S/c17-16(21)12-3-4-14(18-10-12)19-7-5-11(6-8-19)15(20)13-2-1-9-22-13/h1-4,9-11,15,20H,5-8H2,(H2,17,21). The number of aliphatic hydroxyl groups is 1. The minimum atomic E-state index is -0.461. The molecule has 1 amide bonds. The number of hydrogen-bond acceptors (Lipinski definition) is 5. The summed E-state index contributed by atoms with van der Waals surface area (Å²) in [6.07, 6.45) is 3.01. The van der Waals surface area contributed by atoms with Crippen molar-refractivity contribution in [1.29, 1.82) is 0 Å². The monoisotopic (exact) mass is 317 g/mol. The summed E-state index contributed by atoms with van der Waals surface area (Å²) in [5.74, 6) is 0.686. The van der Waals surface area contributed by atoms with E-state index in [1.165, 1.54) is 6.20 Å². The quantitative estimate of drug-likeness (QED) is 0.906. The molecule has 116 valence electrons. The molecule has 0 bridgehead atoms. The van der Waals surface area contributed by atoms with Gasteiger partial charge in [-0.05, 0) is 42.3 Å². The Labute approximate surface area is 133 Å². The second-order valence-corrected chi connectivity index (χ2v) is 6.53. The summed E-state index contributed by atoms with van der Waals surface area (Å²) in [6, 6.07) is 7.50. The van der Waals surface area contributed by atoms with Crippen LogP contribution in [0.25, 0.3) is 0 Å². The van der Waals surface area contributed by atoms with E-state index in [-0.39, 0.29) is 6.10 Å². The van der Waals surface area contributed by atoms with Crippen LogP contribution < -0.4 is 10.6 Å². The Morgan fingerprint density at radius 1 is 1.36 bits per heavy atom. The van der Waals surface area contributed by atoms with Gasteiger partial charge in [0.1, 0.15) is 5.82 Å². The fourth-order valence-corrected chi connectivity index (χ4v) is 3.66. The van der Waals surface area contributed by atoms with Crippen LogP contribution >= 0.6 is 11.3 Å². The van der Waals surface area contributed by atoms with Crippen LogP contribution in [0.4, 0.5) is 5.82 Å². The van der Waals surface area contributed by atoms with E-state index in [9.17, 15) is 9.90 Å². The van der Waals surface area contributed by atoms with Crippen molar-refractivity contribution >= 4 is 23.1 Å². The number of pyridine rings is 1. The van der Waals surface area contributed by atoms with Crippen LogP contribution in [0.1, 0.15) is 34.2 Å². The minimum Gasteiger partial charge on any atom is -0.387 e. The van der Waals surface area contributed by atoms with Crippen molar-refractivity contribution in [1.82, 2.24) is 4.98 Å². The third-order valence-electron chi connectivity index (χ3n) is 4.18. The molecule has 0 spiro atoms. The number of anilines is 1. The number of carbonyl (C=O) groups is 1. The van der Waals surface area contributed by atoms with Crippen LogP contribution in [0.2, 0.25) is 0 Å². The molecule has 5 nitrogen and oxygen atoms in total. The molecule has 1 unspecified atom stereocenters. The first-order chi connectivity index (χ1) is 10.6. The molecule has 6 heteroatoms. The highest BCUT2D eigenvalue weighted by molar-refractivity contribution is 7.10. The van der Waals surface area contributed by atoms with Crippen molar-refractivity contribution in [2.24, 2.45) is 11.7 Å². The topological polar surface area (TPSA) is 79.5 Å². The largest absolute Gasteiger partial charge is 0.387 e. The van der Waals surface area contributed by atoms with E-state index in [2.05, 4.69) is 9.88 Å². The molecule has 1 atom stereocenters. The molecule has 0 saturated carbocycles. The maximum Gasteiger partial charge on any atom is 0.250 e. The molecule has 3 heterocycles. The van der Waals surface area contributed by atoms with E-state index < -0.39 is 5.91 Å². The fourth-order valence-electron chi connectivity index (χ4n) is 2.86. The molecule has 0 radical (unpaired) electrons. The number of primary amides is 1. The van der Waals surface area contributed by atoms with Gasteiger partial charge in [-0.15, -0.1) is 11.3 Å². The van der Waals surface area contributed by atoms with Crippen LogP contribution in [0.15, 0.2) is 35.8 Å². The Morgan fingerprint density at radius 2 is 2.14 bits per heavy atom. The SMILES string of the molecule is NC(=O)c1ccc(N2CCC(C(O)c3cccs3)CC2)nc1. The first-order valence-electron chi connectivity index (χ1n) is 7.37. The number of aliphatic hydroxyl groups excluding tert-OH is 1. The van der Waals surface area contributed by atoms with Crippen LogP contribution in [-0.4, -0.2) is 29.1 Å². The van der Waals surface area contributed by atoms with Crippen molar-refractivity contribution in [3.05, 3.63) is 46.3 Å². The first-order valence-corrected chi connectivity index (χ1v) is 8.25.